The summed E-state index contributed by atoms with van der Waals surface area (Å²) in [5.41, 5.74) is 2.47. The number of benzene rings is 1. The van der Waals surface area contributed by atoms with Gasteiger partial charge in [0.15, 0.2) is 11.5 Å². The van der Waals surface area contributed by atoms with Crippen molar-refractivity contribution >= 4 is 28.6 Å². The van der Waals surface area contributed by atoms with Crippen LogP contribution in [0.1, 0.15) is 5.56 Å². The van der Waals surface area contributed by atoms with Gasteiger partial charge < -0.3 is 14.6 Å². The van der Waals surface area contributed by atoms with E-state index >= 15 is 0 Å². The largest absolute Gasteiger partial charge is 0.497 e. The molecule has 0 aliphatic carbocycles. The smallest absolute Gasteiger partial charge is 0.226 e. The van der Waals surface area contributed by atoms with E-state index in [-0.39, 0.29) is 5.28 Å². The molecule has 6 nitrogen and oxygen atoms in total. The Morgan fingerprint density at radius 3 is 2.71 bits per heavy atom. The molecule has 0 atom stereocenters. The van der Waals surface area contributed by atoms with Crippen molar-refractivity contribution in [3.05, 3.63) is 41.4 Å². The number of aromatic nitrogens is 4. The van der Waals surface area contributed by atoms with Crippen molar-refractivity contribution in [2.24, 2.45) is 0 Å². The molecule has 0 fully saturated rings. The summed E-state index contributed by atoms with van der Waals surface area (Å²) < 4.78 is 5.16. The molecule has 0 unspecified atom stereocenters. The number of nitrogens with one attached hydrogen (secondary N) is 1. The van der Waals surface area contributed by atoms with Crippen LogP contribution >= 0.6 is 11.6 Å². The Morgan fingerprint density at radius 1 is 1.24 bits per heavy atom. The highest BCUT2D eigenvalue weighted by Gasteiger charge is 2.13. The standard InChI is InChI=1S/C14H14ClN5O/c1-20(7-9-3-5-10(21-2)6-4-9)13-11-12(17-8-16-11)18-14(15)19-13/h3-6,8H,7H2,1-2H3,(H,16,17,18,19). The molecule has 1 aromatic carbocycles. The van der Waals surface area contributed by atoms with Gasteiger partial charge in [-0.05, 0) is 29.3 Å². The molecule has 0 saturated carbocycles. The van der Waals surface area contributed by atoms with Gasteiger partial charge in [-0.3, -0.25) is 0 Å². The van der Waals surface area contributed by atoms with Crippen LogP contribution in [0, 0.1) is 0 Å². The van der Waals surface area contributed by atoms with Gasteiger partial charge in [0.05, 0.1) is 13.4 Å². The van der Waals surface area contributed by atoms with Gasteiger partial charge in [0, 0.05) is 13.6 Å². The molecule has 2 heterocycles. The van der Waals surface area contributed by atoms with Crippen LogP contribution in [0.3, 0.4) is 0 Å². The molecule has 7 heteroatoms. The molecule has 0 aliphatic heterocycles. The zero-order valence-electron chi connectivity index (χ0n) is 11.7. The molecule has 0 bridgehead atoms. The fourth-order valence-electron chi connectivity index (χ4n) is 2.15. The summed E-state index contributed by atoms with van der Waals surface area (Å²) in [4.78, 5) is 17.5. The molecule has 3 aromatic rings. The number of anilines is 1. The molecule has 0 amide bonds. The molecule has 0 spiro atoms. The minimum Gasteiger partial charge on any atom is -0.497 e. The Labute approximate surface area is 126 Å². The van der Waals surface area contributed by atoms with E-state index in [0.717, 1.165) is 22.6 Å². The van der Waals surface area contributed by atoms with Crippen molar-refractivity contribution in [2.75, 3.05) is 19.1 Å². The first-order valence-corrected chi connectivity index (χ1v) is 6.76. The third-order valence-corrected chi connectivity index (χ3v) is 3.35. The van der Waals surface area contributed by atoms with Crippen LogP contribution in [0.15, 0.2) is 30.6 Å². The summed E-state index contributed by atoms with van der Waals surface area (Å²) in [6.07, 6.45) is 1.58. The summed E-state index contributed by atoms with van der Waals surface area (Å²) in [6.45, 7) is 0.686. The average Bonchev–Trinajstić information content (AvgIpc) is 2.95. The van der Waals surface area contributed by atoms with Gasteiger partial charge in [-0.1, -0.05) is 12.1 Å². The summed E-state index contributed by atoms with van der Waals surface area (Å²) in [5.74, 6) is 1.56. The first kappa shape index (κ1) is 13.6. The minimum absolute atomic E-state index is 0.186. The fourth-order valence-corrected chi connectivity index (χ4v) is 2.31. The van der Waals surface area contributed by atoms with E-state index in [0.29, 0.717) is 12.2 Å². The third-order valence-electron chi connectivity index (χ3n) is 3.18. The van der Waals surface area contributed by atoms with Gasteiger partial charge in [-0.15, -0.1) is 0 Å². The van der Waals surface area contributed by atoms with E-state index < -0.39 is 0 Å². The SMILES string of the molecule is COc1ccc(CN(C)c2nc(Cl)nc3nc[nH]c23)cc1. The van der Waals surface area contributed by atoms with Crippen molar-refractivity contribution in [3.63, 3.8) is 0 Å². The van der Waals surface area contributed by atoms with Crippen molar-refractivity contribution in [3.8, 4) is 5.75 Å². The van der Waals surface area contributed by atoms with Crippen LogP contribution in [0.25, 0.3) is 11.2 Å². The number of hydrogen-bond acceptors (Lipinski definition) is 5. The second-order valence-electron chi connectivity index (χ2n) is 4.62. The van der Waals surface area contributed by atoms with Crippen LogP contribution in [-0.2, 0) is 6.54 Å². The molecular weight excluding hydrogens is 290 g/mol. The Bertz CT molecular complexity index is 756. The van der Waals surface area contributed by atoms with E-state index in [1.165, 1.54) is 0 Å². The maximum atomic E-state index is 5.95. The second kappa shape index (κ2) is 5.57. The van der Waals surface area contributed by atoms with Crippen LogP contribution in [0.2, 0.25) is 5.28 Å². The summed E-state index contributed by atoms with van der Waals surface area (Å²) in [6, 6.07) is 7.90. The number of nitrogens with zero attached hydrogens (tertiary/aromatic N) is 4. The number of ether oxygens (including phenoxy) is 1. The van der Waals surface area contributed by atoms with Gasteiger partial charge in [-0.2, -0.15) is 9.97 Å². The Hall–Kier alpha value is -2.34. The van der Waals surface area contributed by atoms with Crippen molar-refractivity contribution in [2.45, 2.75) is 6.54 Å². The first-order valence-electron chi connectivity index (χ1n) is 6.38. The predicted molar refractivity (Wildman–Crippen MR) is 81.8 cm³/mol. The van der Waals surface area contributed by atoms with Crippen molar-refractivity contribution < 1.29 is 4.74 Å². The number of methoxy groups -OCH3 is 1. The Balaban J connectivity index is 1.89. The van der Waals surface area contributed by atoms with E-state index in [2.05, 4.69) is 19.9 Å². The molecular formula is C14H14ClN5O. The number of H-pyrrole nitrogens is 1. The average molecular weight is 304 g/mol. The molecule has 108 valence electrons. The Morgan fingerprint density at radius 2 is 2.00 bits per heavy atom. The van der Waals surface area contributed by atoms with E-state index in [4.69, 9.17) is 16.3 Å². The minimum atomic E-state index is 0.186. The highest BCUT2D eigenvalue weighted by atomic mass is 35.5. The molecule has 0 aliphatic rings. The van der Waals surface area contributed by atoms with Crippen LogP contribution < -0.4 is 9.64 Å². The van der Waals surface area contributed by atoms with Crippen molar-refractivity contribution in [1.29, 1.82) is 0 Å². The molecule has 3 rings (SSSR count). The number of imidazole rings is 1. The number of rotatable bonds is 4. The lowest BCUT2D eigenvalue weighted by Crippen LogP contribution is -2.18. The van der Waals surface area contributed by atoms with E-state index in [9.17, 15) is 0 Å². The first-order chi connectivity index (χ1) is 10.2. The van der Waals surface area contributed by atoms with Crippen molar-refractivity contribution in [1.82, 2.24) is 19.9 Å². The number of halogens is 1. The zero-order valence-corrected chi connectivity index (χ0v) is 12.4. The summed E-state index contributed by atoms with van der Waals surface area (Å²) in [5, 5.41) is 0.186. The fraction of sp³-hybridized carbons (Fsp3) is 0.214. The normalized spacial score (nSPS) is 10.8. The lowest BCUT2D eigenvalue weighted by molar-refractivity contribution is 0.414. The maximum Gasteiger partial charge on any atom is 0.226 e. The van der Waals surface area contributed by atoms with Gasteiger partial charge in [0.2, 0.25) is 5.28 Å². The van der Waals surface area contributed by atoms with Gasteiger partial charge >= 0.3 is 0 Å². The highest BCUT2D eigenvalue weighted by Crippen LogP contribution is 2.23. The molecule has 0 radical (unpaired) electrons. The van der Waals surface area contributed by atoms with Gasteiger partial charge in [-0.25, -0.2) is 4.98 Å². The van der Waals surface area contributed by atoms with E-state index in [1.54, 1.807) is 13.4 Å². The second-order valence-corrected chi connectivity index (χ2v) is 4.96. The van der Waals surface area contributed by atoms with Gasteiger partial charge in [0.1, 0.15) is 11.3 Å². The Kier molecular flexibility index (Phi) is 3.62. The summed E-state index contributed by atoms with van der Waals surface area (Å²) >= 11 is 5.95. The third kappa shape index (κ3) is 2.75. The van der Waals surface area contributed by atoms with Crippen LogP contribution in [-0.4, -0.2) is 34.1 Å². The van der Waals surface area contributed by atoms with Crippen LogP contribution in [0.5, 0.6) is 5.75 Å². The molecule has 1 N–H and O–H groups in total. The molecule has 0 saturated heterocycles. The number of fused-ring (bicyclic) bond motifs is 1. The number of aromatic amines is 1. The van der Waals surface area contributed by atoms with E-state index in [1.807, 2.05) is 36.2 Å². The lowest BCUT2D eigenvalue weighted by atomic mass is 10.2. The summed E-state index contributed by atoms with van der Waals surface area (Å²) in [7, 11) is 3.60. The monoisotopic (exact) mass is 303 g/mol. The molecule has 21 heavy (non-hydrogen) atoms. The maximum absolute atomic E-state index is 5.95. The number of hydrogen-bond donors (Lipinski definition) is 1. The lowest BCUT2D eigenvalue weighted by Gasteiger charge is -2.18. The van der Waals surface area contributed by atoms with Gasteiger partial charge in [0.25, 0.3) is 0 Å². The van der Waals surface area contributed by atoms with Crippen LogP contribution in [0.4, 0.5) is 5.82 Å². The quantitative estimate of drug-likeness (QED) is 0.751. The topological polar surface area (TPSA) is 66.9 Å². The highest BCUT2D eigenvalue weighted by molar-refractivity contribution is 6.28. The molecule has 2 aromatic heterocycles. The predicted octanol–water partition coefficient (Wildman–Crippen LogP) is 2.65. The zero-order chi connectivity index (χ0) is 14.8.